The average molecular weight is 565 g/mol. The standard InChI is InChI=1S/C28H44N4O6S/c1-26(2)16-32(10-11-37-26)21-13-27(3)17(12-24(21)38-39(5,35)36)6-7-18-19-8-9-20(23(34)15-30-31-29)28(19,4)14-22(33)25(18)27/h17-21,24-25H,6-16H2,1-5H3/t17-,18-,19-,20+,21-,24-,25+,27-,28-/m0/s1. The summed E-state index contributed by atoms with van der Waals surface area (Å²) in [6, 6.07) is -0.120. The van der Waals surface area contributed by atoms with E-state index < -0.39 is 21.6 Å². The Balaban J connectivity index is 1.45. The van der Waals surface area contributed by atoms with Crippen molar-refractivity contribution in [3.63, 3.8) is 0 Å². The van der Waals surface area contributed by atoms with Crippen LogP contribution in [0, 0.1) is 40.4 Å². The number of azide groups is 1. The summed E-state index contributed by atoms with van der Waals surface area (Å²) in [5.74, 6) is 0.553. The zero-order chi connectivity index (χ0) is 28.4. The van der Waals surface area contributed by atoms with E-state index in [0.29, 0.717) is 39.0 Å². The molecule has 10 nitrogen and oxygen atoms in total. The summed E-state index contributed by atoms with van der Waals surface area (Å²) in [6.45, 7) is 10.3. The van der Waals surface area contributed by atoms with Crippen LogP contribution >= 0.6 is 0 Å². The Kier molecular flexibility index (Phi) is 7.50. The lowest BCUT2D eigenvalue weighted by Crippen LogP contribution is -2.64. The van der Waals surface area contributed by atoms with Crippen LogP contribution in [0.25, 0.3) is 10.4 Å². The molecule has 0 spiro atoms. The topological polar surface area (TPSA) is 139 Å². The third-order valence-electron chi connectivity index (χ3n) is 11.2. The highest BCUT2D eigenvalue weighted by atomic mass is 32.2. The minimum atomic E-state index is -3.64. The van der Waals surface area contributed by atoms with Crippen molar-refractivity contribution < 1.29 is 26.9 Å². The Morgan fingerprint density at radius 2 is 1.92 bits per heavy atom. The molecule has 5 rings (SSSR count). The van der Waals surface area contributed by atoms with Crippen LogP contribution in [0.4, 0.5) is 0 Å². The van der Waals surface area contributed by atoms with Crippen molar-refractivity contribution in [1.29, 1.82) is 0 Å². The maximum atomic E-state index is 14.2. The van der Waals surface area contributed by atoms with Crippen molar-refractivity contribution in [3.8, 4) is 0 Å². The van der Waals surface area contributed by atoms with Gasteiger partial charge >= 0.3 is 0 Å². The Morgan fingerprint density at radius 3 is 2.59 bits per heavy atom. The maximum absolute atomic E-state index is 14.2. The summed E-state index contributed by atoms with van der Waals surface area (Å²) in [6.07, 6.45) is 5.90. The highest BCUT2D eigenvalue weighted by Gasteiger charge is 2.65. The number of nitrogens with zero attached hydrogens (tertiary/aromatic N) is 4. The van der Waals surface area contributed by atoms with E-state index in [9.17, 15) is 18.0 Å². The number of morpholine rings is 1. The molecule has 1 saturated heterocycles. The number of carbonyl (C=O) groups is 2. The summed E-state index contributed by atoms with van der Waals surface area (Å²) >= 11 is 0. The van der Waals surface area contributed by atoms with E-state index >= 15 is 0 Å². The van der Waals surface area contributed by atoms with Gasteiger partial charge in [0, 0.05) is 42.3 Å². The quantitative estimate of drug-likeness (QED) is 0.204. The van der Waals surface area contributed by atoms with Crippen LogP contribution in [0.1, 0.15) is 72.6 Å². The smallest absolute Gasteiger partial charge is 0.264 e. The van der Waals surface area contributed by atoms with Crippen LogP contribution in [-0.2, 0) is 28.6 Å². The second kappa shape index (κ2) is 10.1. The molecule has 4 aliphatic carbocycles. The van der Waals surface area contributed by atoms with Gasteiger partial charge < -0.3 is 4.74 Å². The molecule has 1 aliphatic heterocycles. The van der Waals surface area contributed by atoms with Crippen LogP contribution in [0.15, 0.2) is 5.11 Å². The van der Waals surface area contributed by atoms with E-state index in [2.05, 4.69) is 42.6 Å². The van der Waals surface area contributed by atoms with Crippen LogP contribution in [0.2, 0.25) is 0 Å². The minimum absolute atomic E-state index is 0.0441. The van der Waals surface area contributed by atoms with Gasteiger partial charge in [0.15, 0.2) is 0 Å². The fraction of sp³-hybridized carbons (Fsp3) is 0.929. The van der Waals surface area contributed by atoms with Gasteiger partial charge in [-0.1, -0.05) is 19.0 Å². The fourth-order valence-corrected chi connectivity index (χ4v) is 10.5. The number of ether oxygens (including phenoxy) is 1. The molecule has 1 heterocycles. The summed E-state index contributed by atoms with van der Waals surface area (Å²) in [5.41, 5.74) is 7.71. The van der Waals surface area contributed by atoms with E-state index in [-0.39, 0.29) is 64.8 Å². The van der Waals surface area contributed by atoms with Crippen LogP contribution in [0.3, 0.4) is 0 Å². The van der Waals surface area contributed by atoms with Gasteiger partial charge in [-0.15, -0.1) is 0 Å². The molecule has 11 heteroatoms. The number of carbonyl (C=O) groups excluding carboxylic acids is 2. The third kappa shape index (κ3) is 5.18. The first-order valence-corrected chi connectivity index (χ1v) is 16.3. The second-order valence-electron chi connectivity index (χ2n) is 14.1. The molecule has 5 aliphatic rings. The van der Waals surface area contributed by atoms with E-state index in [1.54, 1.807) is 0 Å². The van der Waals surface area contributed by atoms with Crippen molar-refractivity contribution in [2.75, 3.05) is 32.5 Å². The molecule has 9 atom stereocenters. The van der Waals surface area contributed by atoms with E-state index in [0.717, 1.165) is 31.9 Å². The third-order valence-corrected chi connectivity index (χ3v) is 11.8. The van der Waals surface area contributed by atoms with Gasteiger partial charge in [0.2, 0.25) is 0 Å². The number of hydrogen-bond donors (Lipinski definition) is 0. The number of rotatable bonds is 6. The highest BCUT2D eigenvalue weighted by Crippen LogP contribution is 2.67. The summed E-state index contributed by atoms with van der Waals surface area (Å²) in [4.78, 5) is 32.3. The van der Waals surface area contributed by atoms with E-state index in [4.69, 9.17) is 14.5 Å². The van der Waals surface area contributed by atoms with Gasteiger partial charge in [0.25, 0.3) is 10.1 Å². The van der Waals surface area contributed by atoms with Crippen molar-refractivity contribution in [2.45, 2.75) is 90.4 Å². The molecular formula is C28H44N4O6S. The molecule has 4 saturated carbocycles. The lowest BCUT2D eigenvalue weighted by atomic mass is 9.43. The van der Waals surface area contributed by atoms with Crippen molar-refractivity contribution >= 4 is 21.7 Å². The van der Waals surface area contributed by atoms with E-state index in [1.165, 1.54) is 0 Å². The van der Waals surface area contributed by atoms with Gasteiger partial charge in [-0.05, 0) is 86.5 Å². The molecule has 0 unspecified atom stereocenters. The number of ketones is 2. The van der Waals surface area contributed by atoms with Gasteiger partial charge in [0.05, 0.1) is 31.1 Å². The second-order valence-corrected chi connectivity index (χ2v) is 15.7. The number of hydrogen-bond acceptors (Lipinski definition) is 8. The zero-order valence-corrected chi connectivity index (χ0v) is 24.8. The largest absolute Gasteiger partial charge is 0.373 e. The van der Waals surface area contributed by atoms with Crippen LogP contribution < -0.4 is 0 Å². The van der Waals surface area contributed by atoms with Gasteiger partial charge in [-0.2, -0.15) is 8.42 Å². The highest BCUT2D eigenvalue weighted by molar-refractivity contribution is 7.86. The molecule has 0 radical (unpaired) electrons. The lowest BCUT2D eigenvalue weighted by molar-refractivity contribution is -0.174. The number of Topliss-reactive ketones (excluding diaryl/α,β-unsaturated/α-hetero) is 2. The van der Waals surface area contributed by atoms with Gasteiger partial charge in [-0.25, -0.2) is 0 Å². The molecule has 0 bridgehead atoms. The summed E-state index contributed by atoms with van der Waals surface area (Å²) < 4.78 is 36.3. The summed E-state index contributed by atoms with van der Waals surface area (Å²) in [7, 11) is -3.64. The van der Waals surface area contributed by atoms with Crippen LogP contribution in [0.5, 0.6) is 0 Å². The van der Waals surface area contributed by atoms with Gasteiger partial charge in [0.1, 0.15) is 11.6 Å². The fourth-order valence-electron chi connectivity index (χ4n) is 9.85. The Labute approximate surface area is 232 Å². The number of fused-ring (bicyclic) bond motifs is 5. The van der Waals surface area contributed by atoms with E-state index in [1.807, 2.05) is 0 Å². The van der Waals surface area contributed by atoms with Crippen molar-refractivity contribution in [2.24, 2.45) is 45.5 Å². The lowest BCUT2D eigenvalue weighted by Gasteiger charge is -2.62. The molecule has 0 aromatic rings. The monoisotopic (exact) mass is 564 g/mol. The average Bonchev–Trinajstić information content (AvgIpc) is 3.17. The molecule has 0 N–H and O–H groups in total. The van der Waals surface area contributed by atoms with Crippen LogP contribution in [-0.4, -0.2) is 75.1 Å². The predicted molar refractivity (Wildman–Crippen MR) is 145 cm³/mol. The SMILES string of the molecule is CC1(C)CN([C@H]2C[C@@]3(C)[C@@H](CC[C@H]4[C@@H]5CC[C@H](C(=O)CN=[N+]=[N-])[C@@]5(C)CC(=O)[C@@H]43)C[C@@H]2OS(C)(=O)=O)CCO1. The first-order chi connectivity index (χ1) is 18.2. The molecule has 0 aromatic carbocycles. The molecule has 0 aromatic heterocycles. The predicted octanol–water partition coefficient (Wildman–Crippen LogP) is 4.14. The maximum Gasteiger partial charge on any atom is 0.264 e. The Bertz CT molecular complexity index is 1170. The Morgan fingerprint density at radius 1 is 1.18 bits per heavy atom. The Hall–Kier alpha value is -1.52. The normalized spacial score (nSPS) is 44.0. The summed E-state index contributed by atoms with van der Waals surface area (Å²) in [5, 5.41) is 3.52. The minimum Gasteiger partial charge on any atom is -0.373 e. The molecule has 5 fully saturated rings. The molecule has 218 valence electrons. The zero-order valence-electron chi connectivity index (χ0n) is 24.0. The molecule has 0 amide bonds. The van der Waals surface area contributed by atoms with Crippen molar-refractivity contribution in [3.05, 3.63) is 10.4 Å². The van der Waals surface area contributed by atoms with Crippen molar-refractivity contribution in [1.82, 2.24) is 4.90 Å². The molecular weight excluding hydrogens is 520 g/mol. The first kappa shape index (κ1) is 29.0. The van der Waals surface area contributed by atoms with Gasteiger partial charge in [-0.3, -0.25) is 18.7 Å². The molecule has 39 heavy (non-hydrogen) atoms. The first-order valence-electron chi connectivity index (χ1n) is 14.5.